The second-order valence-corrected chi connectivity index (χ2v) is 5.29. The van der Waals surface area contributed by atoms with E-state index in [2.05, 4.69) is 6.07 Å². The molecule has 2 aromatic carbocycles. The molecule has 0 bridgehead atoms. The van der Waals surface area contributed by atoms with Crippen molar-refractivity contribution in [1.29, 1.82) is 5.26 Å². The van der Waals surface area contributed by atoms with E-state index in [1.807, 2.05) is 37.3 Å². The number of nitrogens with zero attached hydrogens (tertiary/aromatic N) is 1. The first-order chi connectivity index (χ1) is 11.1. The maximum absolute atomic E-state index is 14.0. The minimum absolute atomic E-state index is 0.0891. The number of nitriles is 1. The van der Waals surface area contributed by atoms with Crippen LogP contribution in [0.2, 0.25) is 0 Å². The van der Waals surface area contributed by atoms with Crippen LogP contribution in [0.25, 0.3) is 0 Å². The second kappa shape index (κ2) is 7.64. The number of hydrogen-bond donors (Lipinski definition) is 0. The van der Waals surface area contributed by atoms with Gasteiger partial charge in [0.1, 0.15) is 5.75 Å². The Labute approximate surface area is 136 Å². The molecule has 23 heavy (non-hydrogen) atoms. The molecule has 0 amide bonds. The Bertz CT molecular complexity index is 692. The third kappa shape index (κ3) is 3.62. The monoisotopic (exact) mass is 313 g/mol. The van der Waals surface area contributed by atoms with Gasteiger partial charge < -0.3 is 9.47 Å². The second-order valence-electron chi connectivity index (χ2n) is 5.29. The highest BCUT2D eigenvalue weighted by Gasteiger charge is 2.24. The highest BCUT2D eigenvalue weighted by molar-refractivity contribution is 5.38. The molecule has 0 aliphatic rings. The van der Waals surface area contributed by atoms with Crippen molar-refractivity contribution in [3.63, 3.8) is 0 Å². The lowest BCUT2D eigenvalue weighted by atomic mass is 9.80. The van der Waals surface area contributed by atoms with Crippen LogP contribution in [-0.4, -0.2) is 14.2 Å². The van der Waals surface area contributed by atoms with Crippen LogP contribution in [0.1, 0.15) is 36.3 Å². The van der Waals surface area contributed by atoms with E-state index in [4.69, 9.17) is 9.47 Å². The fourth-order valence-corrected chi connectivity index (χ4v) is 2.79. The van der Waals surface area contributed by atoms with Crippen LogP contribution in [0.15, 0.2) is 42.5 Å². The van der Waals surface area contributed by atoms with E-state index in [0.717, 1.165) is 23.3 Å². The van der Waals surface area contributed by atoms with Gasteiger partial charge in [0.25, 0.3) is 0 Å². The first kappa shape index (κ1) is 16.8. The van der Waals surface area contributed by atoms with Gasteiger partial charge >= 0.3 is 0 Å². The van der Waals surface area contributed by atoms with E-state index in [1.54, 1.807) is 13.2 Å². The molecule has 0 heterocycles. The Morgan fingerprint density at radius 1 is 1.04 bits per heavy atom. The normalized spacial score (nSPS) is 13.0. The van der Waals surface area contributed by atoms with Gasteiger partial charge in [-0.25, -0.2) is 4.39 Å². The third-order valence-corrected chi connectivity index (χ3v) is 4.06. The third-order valence-electron chi connectivity index (χ3n) is 4.06. The maximum Gasteiger partial charge on any atom is 0.165 e. The number of halogens is 1. The molecular weight excluding hydrogens is 293 g/mol. The van der Waals surface area contributed by atoms with Crippen LogP contribution < -0.4 is 9.47 Å². The fraction of sp³-hybridized carbons (Fsp3) is 0.316. The average molecular weight is 313 g/mol. The van der Waals surface area contributed by atoms with Crippen molar-refractivity contribution in [2.75, 3.05) is 14.2 Å². The summed E-state index contributed by atoms with van der Waals surface area (Å²) in [7, 11) is 3.04. The Hall–Kier alpha value is -2.54. The molecule has 2 unspecified atom stereocenters. The molecule has 4 heteroatoms. The summed E-state index contributed by atoms with van der Waals surface area (Å²) in [4.78, 5) is 0. The van der Waals surface area contributed by atoms with E-state index in [9.17, 15) is 9.65 Å². The Kier molecular flexibility index (Phi) is 5.59. The summed E-state index contributed by atoms with van der Waals surface area (Å²) in [6, 6.07) is 14.7. The van der Waals surface area contributed by atoms with E-state index >= 15 is 0 Å². The Balaban J connectivity index is 2.36. The van der Waals surface area contributed by atoms with Crippen molar-refractivity contribution in [1.82, 2.24) is 0 Å². The summed E-state index contributed by atoms with van der Waals surface area (Å²) in [5, 5.41) is 9.64. The summed E-state index contributed by atoms with van der Waals surface area (Å²) in [5.41, 5.74) is 1.70. The van der Waals surface area contributed by atoms with Crippen LogP contribution >= 0.6 is 0 Å². The number of benzene rings is 2. The summed E-state index contributed by atoms with van der Waals surface area (Å²) in [5.74, 6) is 0.109. The van der Waals surface area contributed by atoms with Gasteiger partial charge in [0.2, 0.25) is 0 Å². The zero-order valence-corrected chi connectivity index (χ0v) is 13.5. The molecule has 2 rings (SSSR count). The van der Waals surface area contributed by atoms with Crippen molar-refractivity contribution in [3.05, 3.63) is 59.4 Å². The largest absolute Gasteiger partial charge is 0.497 e. The maximum atomic E-state index is 14.0. The van der Waals surface area contributed by atoms with Gasteiger partial charge in [-0.3, -0.25) is 0 Å². The van der Waals surface area contributed by atoms with Crippen molar-refractivity contribution >= 4 is 0 Å². The Morgan fingerprint density at radius 2 is 1.70 bits per heavy atom. The summed E-state index contributed by atoms with van der Waals surface area (Å²) >= 11 is 0. The van der Waals surface area contributed by atoms with Gasteiger partial charge in [-0.15, -0.1) is 0 Å². The molecule has 0 saturated heterocycles. The quantitative estimate of drug-likeness (QED) is 0.780. The van der Waals surface area contributed by atoms with Crippen LogP contribution in [-0.2, 0) is 0 Å². The molecule has 2 atom stereocenters. The lowest BCUT2D eigenvalue weighted by Gasteiger charge is -2.22. The van der Waals surface area contributed by atoms with E-state index < -0.39 is 5.82 Å². The van der Waals surface area contributed by atoms with Gasteiger partial charge in [-0.2, -0.15) is 5.26 Å². The predicted octanol–water partition coefficient (Wildman–Crippen LogP) is 4.64. The highest BCUT2D eigenvalue weighted by Crippen LogP contribution is 2.37. The fourth-order valence-electron chi connectivity index (χ4n) is 2.79. The number of ether oxygens (including phenoxy) is 2. The van der Waals surface area contributed by atoms with Gasteiger partial charge in [0, 0.05) is 5.92 Å². The minimum atomic E-state index is -0.408. The van der Waals surface area contributed by atoms with Gasteiger partial charge in [-0.1, -0.05) is 25.1 Å². The molecular formula is C19H20FNO2. The molecule has 0 spiro atoms. The lowest BCUT2D eigenvalue weighted by molar-refractivity contribution is 0.385. The predicted molar refractivity (Wildman–Crippen MR) is 87.3 cm³/mol. The smallest absolute Gasteiger partial charge is 0.165 e. The molecule has 2 aromatic rings. The first-order valence-electron chi connectivity index (χ1n) is 7.51. The summed E-state index contributed by atoms with van der Waals surface area (Å²) in [6.45, 7) is 2.00. The summed E-state index contributed by atoms with van der Waals surface area (Å²) in [6.07, 6.45) is 0.732. The van der Waals surface area contributed by atoms with Gasteiger partial charge in [-0.05, 0) is 41.8 Å². The molecule has 3 nitrogen and oxygen atoms in total. The topological polar surface area (TPSA) is 42.2 Å². The van der Waals surface area contributed by atoms with Crippen molar-refractivity contribution in [3.8, 4) is 17.6 Å². The van der Waals surface area contributed by atoms with Crippen molar-refractivity contribution in [2.45, 2.75) is 25.2 Å². The molecule has 0 aliphatic heterocycles. The van der Waals surface area contributed by atoms with Crippen molar-refractivity contribution in [2.24, 2.45) is 0 Å². The molecule has 0 aliphatic carbocycles. The van der Waals surface area contributed by atoms with E-state index in [1.165, 1.54) is 13.2 Å². The van der Waals surface area contributed by atoms with Crippen LogP contribution in [0.5, 0.6) is 11.5 Å². The molecule has 0 N–H and O–H groups in total. The van der Waals surface area contributed by atoms with Crippen molar-refractivity contribution < 1.29 is 13.9 Å². The zero-order valence-electron chi connectivity index (χ0n) is 13.5. The number of methoxy groups -OCH3 is 2. The first-order valence-corrected chi connectivity index (χ1v) is 7.51. The molecule has 120 valence electrons. The summed E-state index contributed by atoms with van der Waals surface area (Å²) < 4.78 is 24.1. The lowest BCUT2D eigenvalue weighted by Crippen LogP contribution is -2.10. The number of hydrogen-bond acceptors (Lipinski definition) is 3. The minimum Gasteiger partial charge on any atom is -0.497 e. The van der Waals surface area contributed by atoms with E-state index in [0.29, 0.717) is 0 Å². The van der Waals surface area contributed by atoms with Crippen LogP contribution in [0.3, 0.4) is 0 Å². The average Bonchev–Trinajstić information content (AvgIpc) is 2.59. The van der Waals surface area contributed by atoms with Gasteiger partial charge in [0.15, 0.2) is 11.6 Å². The van der Waals surface area contributed by atoms with Gasteiger partial charge in [0.05, 0.1) is 26.2 Å². The highest BCUT2D eigenvalue weighted by atomic mass is 19.1. The molecule has 0 aromatic heterocycles. The van der Waals surface area contributed by atoms with Crippen LogP contribution in [0.4, 0.5) is 4.39 Å². The molecule has 0 radical (unpaired) electrons. The molecule has 0 fully saturated rings. The van der Waals surface area contributed by atoms with E-state index in [-0.39, 0.29) is 17.6 Å². The zero-order chi connectivity index (χ0) is 16.8. The molecule has 0 saturated carbocycles. The number of rotatable bonds is 6. The SMILES string of the molecule is CCC(c1ccc(OC)c(F)c1)C(C#N)c1ccc(OC)cc1. The standard InChI is InChI=1S/C19H20FNO2/c1-4-16(14-7-10-19(23-3)18(20)11-14)17(12-21)13-5-8-15(22-2)9-6-13/h5-11,16-17H,4H2,1-3H3. The van der Waals surface area contributed by atoms with Crippen LogP contribution in [0, 0.1) is 17.1 Å². The Morgan fingerprint density at radius 3 is 2.17 bits per heavy atom.